The molecule has 1 aromatic heterocycles. The summed E-state index contributed by atoms with van der Waals surface area (Å²) in [5, 5.41) is 4.04. The van der Waals surface area contributed by atoms with Crippen molar-refractivity contribution in [2.24, 2.45) is 5.10 Å². The normalized spacial score (nSPS) is 11.7. The third-order valence-corrected chi connectivity index (χ3v) is 6.57. The van der Waals surface area contributed by atoms with Gasteiger partial charge in [0.25, 0.3) is 5.91 Å². The molecule has 1 amide bonds. The molecule has 2 aromatic carbocycles. The second kappa shape index (κ2) is 9.70. The molecule has 0 aliphatic heterocycles. The van der Waals surface area contributed by atoms with Crippen LogP contribution in [0.25, 0.3) is 5.69 Å². The number of halogens is 1. The van der Waals surface area contributed by atoms with Crippen molar-refractivity contribution in [3.8, 4) is 5.69 Å². The molecule has 0 radical (unpaired) electrons. The second-order valence-corrected chi connectivity index (χ2v) is 10.4. The monoisotopic (exact) mass is 516 g/mol. The predicted molar refractivity (Wildman–Crippen MR) is 132 cm³/mol. The van der Waals surface area contributed by atoms with Gasteiger partial charge < -0.3 is 4.57 Å². The number of hydrazone groups is 1. The third kappa shape index (κ3) is 5.66. The summed E-state index contributed by atoms with van der Waals surface area (Å²) in [7, 11) is -3.65. The minimum absolute atomic E-state index is 0.380. The summed E-state index contributed by atoms with van der Waals surface area (Å²) in [6, 6.07) is 17.0. The first kappa shape index (κ1) is 23.7. The van der Waals surface area contributed by atoms with Crippen LogP contribution in [0.5, 0.6) is 0 Å². The van der Waals surface area contributed by atoms with Crippen molar-refractivity contribution in [2.45, 2.75) is 20.8 Å². The van der Waals surface area contributed by atoms with E-state index in [-0.39, 0.29) is 6.54 Å². The number of aryl methyl sites for hydroxylation is 2. The number of amides is 1. The topological polar surface area (TPSA) is 83.8 Å². The lowest BCUT2D eigenvalue weighted by Gasteiger charge is -2.21. The number of sulfonamides is 1. The van der Waals surface area contributed by atoms with Crippen LogP contribution in [0.2, 0.25) is 0 Å². The predicted octanol–water partition coefficient (Wildman–Crippen LogP) is 4.08. The van der Waals surface area contributed by atoms with Crippen molar-refractivity contribution in [2.75, 3.05) is 17.1 Å². The van der Waals surface area contributed by atoms with Crippen LogP contribution < -0.4 is 9.73 Å². The molecule has 0 spiro atoms. The minimum atomic E-state index is -3.65. The Hall–Kier alpha value is -2.91. The summed E-state index contributed by atoms with van der Waals surface area (Å²) in [6.45, 7) is 5.65. The van der Waals surface area contributed by atoms with Crippen LogP contribution in [0.4, 0.5) is 5.69 Å². The number of carbonyl (C=O) groups is 1. The second-order valence-electron chi connectivity index (χ2n) is 7.54. The number of anilines is 1. The first-order valence-electron chi connectivity index (χ1n) is 9.87. The number of nitrogens with zero attached hydrogens (tertiary/aromatic N) is 3. The molecular formula is C23H25BrN4O3S. The molecule has 0 fully saturated rings. The van der Waals surface area contributed by atoms with Gasteiger partial charge in [-0.15, -0.1) is 0 Å². The van der Waals surface area contributed by atoms with E-state index in [9.17, 15) is 13.2 Å². The highest BCUT2D eigenvalue weighted by Gasteiger charge is 2.21. The van der Waals surface area contributed by atoms with Crippen molar-refractivity contribution in [1.29, 1.82) is 0 Å². The lowest BCUT2D eigenvalue weighted by Crippen LogP contribution is -2.39. The number of aromatic nitrogens is 1. The van der Waals surface area contributed by atoms with Crippen LogP contribution in [-0.2, 0) is 14.8 Å². The summed E-state index contributed by atoms with van der Waals surface area (Å²) >= 11 is 3.32. The van der Waals surface area contributed by atoms with Gasteiger partial charge in [-0.1, -0.05) is 39.7 Å². The van der Waals surface area contributed by atoms with Crippen LogP contribution >= 0.6 is 15.9 Å². The molecule has 0 unspecified atom stereocenters. The Kier molecular flexibility index (Phi) is 7.20. The van der Waals surface area contributed by atoms with E-state index in [1.807, 2.05) is 26.8 Å². The number of hydrogen-bond acceptors (Lipinski definition) is 4. The molecule has 3 rings (SSSR count). The van der Waals surface area contributed by atoms with E-state index < -0.39 is 15.9 Å². The van der Waals surface area contributed by atoms with Crippen LogP contribution in [0.15, 0.2) is 64.2 Å². The fraction of sp³-hybridized carbons (Fsp3) is 0.217. The van der Waals surface area contributed by atoms with Gasteiger partial charge in [-0.2, -0.15) is 5.10 Å². The maximum atomic E-state index is 12.4. The lowest BCUT2D eigenvalue weighted by atomic mass is 10.2. The van der Waals surface area contributed by atoms with Crippen LogP contribution in [0.3, 0.4) is 0 Å². The van der Waals surface area contributed by atoms with Gasteiger partial charge in [-0.05, 0) is 57.2 Å². The summed E-state index contributed by atoms with van der Waals surface area (Å²) in [6.07, 6.45) is 2.62. The van der Waals surface area contributed by atoms with Crippen molar-refractivity contribution < 1.29 is 13.2 Å². The van der Waals surface area contributed by atoms with Gasteiger partial charge in [0, 0.05) is 27.1 Å². The standard InChI is InChI=1S/C23H25BrN4O3S/c1-16-8-10-21(11-9-16)28-17(2)12-19(18(28)3)14-25-26-23(29)15-27(32(4,30)31)22-7-5-6-20(24)13-22/h5-14H,15H2,1-4H3,(H,26,29)/b25-14-. The Morgan fingerprint density at radius 2 is 1.81 bits per heavy atom. The third-order valence-electron chi connectivity index (χ3n) is 4.94. The Morgan fingerprint density at radius 3 is 2.44 bits per heavy atom. The molecule has 1 N–H and O–H groups in total. The highest BCUT2D eigenvalue weighted by Crippen LogP contribution is 2.22. The van der Waals surface area contributed by atoms with E-state index in [0.717, 1.165) is 33.2 Å². The van der Waals surface area contributed by atoms with Gasteiger partial charge in [0.15, 0.2) is 0 Å². The maximum Gasteiger partial charge on any atom is 0.260 e. The molecule has 0 aliphatic rings. The van der Waals surface area contributed by atoms with Crippen LogP contribution in [-0.4, -0.2) is 37.9 Å². The minimum Gasteiger partial charge on any atom is -0.318 e. The maximum absolute atomic E-state index is 12.4. The molecular weight excluding hydrogens is 492 g/mol. The summed E-state index contributed by atoms with van der Waals surface area (Å²) in [4.78, 5) is 12.4. The Bertz CT molecular complexity index is 1260. The summed E-state index contributed by atoms with van der Waals surface area (Å²) in [5.74, 6) is -0.543. The Labute approximate surface area is 196 Å². The Balaban J connectivity index is 1.73. The van der Waals surface area contributed by atoms with E-state index in [1.165, 1.54) is 5.56 Å². The van der Waals surface area contributed by atoms with Gasteiger partial charge >= 0.3 is 0 Å². The van der Waals surface area contributed by atoms with Crippen molar-refractivity contribution >= 4 is 43.8 Å². The van der Waals surface area contributed by atoms with E-state index in [4.69, 9.17) is 0 Å². The first-order chi connectivity index (χ1) is 15.1. The number of nitrogens with one attached hydrogen (secondary N) is 1. The molecule has 0 atom stereocenters. The molecule has 0 saturated heterocycles. The highest BCUT2D eigenvalue weighted by atomic mass is 79.9. The molecule has 0 bridgehead atoms. The van der Waals surface area contributed by atoms with E-state index in [2.05, 4.69) is 55.3 Å². The molecule has 3 aromatic rings. The Morgan fingerprint density at radius 1 is 1.12 bits per heavy atom. The number of hydrogen-bond donors (Lipinski definition) is 1. The lowest BCUT2D eigenvalue weighted by molar-refractivity contribution is -0.119. The first-order valence-corrected chi connectivity index (χ1v) is 12.5. The zero-order valence-corrected chi connectivity index (χ0v) is 20.7. The fourth-order valence-corrected chi connectivity index (χ4v) is 4.62. The van der Waals surface area contributed by atoms with Gasteiger partial charge in [0.05, 0.1) is 18.2 Å². The van der Waals surface area contributed by atoms with Gasteiger partial charge in [0.2, 0.25) is 10.0 Å². The molecule has 7 nitrogen and oxygen atoms in total. The smallest absolute Gasteiger partial charge is 0.260 e. The molecule has 9 heteroatoms. The number of benzene rings is 2. The molecule has 32 heavy (non-hydrogen) atoms. The highest BCUT2D eigenvalue weighted by molar-refractivity contribution is 9.10. The van der Waals surface area contributed by atoms with E-state index in [1.54, 1.807) is 30.5 Å². The average molecular weight is 517 g/mol. The van der Waals surface area contributed by atoms with E-state index >= 15 is 0 Å². The fourth-order valence-electron chi connectivity index (χ4n) is 3.38. The van der Waals surface area contributed by atoms with Crippen LogP contribution in [0.1, 0.15) is 22.5 Å². The quantitative estimate of drug-likeness (QED) is 0.379. The van der Waals surface area contributed by atoms with E-state index in [0.29, 0.717) is 10.2 Å². The largest absolute Gasteiger partial charge is 0.318 e. The zero-order valence-electron chi connectivity index (χ0n) is 18.3. The van der Waals surface area contributed by atoms with Crippen molar-refractivity contribution in [3.63, 3.8) is 0 Å². The zero-order chi connectivity index (χ0) is 23.5. The number of rotatable bonds is 7. The van der Waals surface area contributed by atoms with Crippen molar-refractivity contribution in [1.82, 2.24) is 9.99 Å². The molecule has 0 saturated carbocycles. The molecule has 1 heterocycles. The van der Waals surface area contributed by atoms with Crippen molar-refractivity contribution in [3.05, 3.63) is 81.6 Å². The van der Waals surface area contributed by atoms with Gasteiger partial charge in [-0.25, -0.2) is 13.8 Å². The summed E-state index contributed by atoms with van der Waals surface area (Å²) in [5.41, 5.74) is 7.93. The SMILES string of the molecule is Cc1ccc(-n2c(C)cc(/C=N\NC(=O)CN(c3cccc(Br)c3)S(C)(=O)=O)c2C)cc1. The average Bonchev–Trinajstić information content (AvgIpc) is 2.99. The molecule has 0 aliphatic carbocycles. The summed E-state index contributed by atoms with van der Waals surface area (Å²) < 4.78 is 28.3. The number of carbonyl (C=O) groups excluding carboxylic acids is 1. The molecule has 168 valence electrons. The van der Waals surface area contributed by atoms with Crippen LogP contribution in [0, 0.1) is 20.8 Å². The van der Waals surface area contributed by atoms with Gasteiger partial charge in [0.1, 0.15) is 6.54 Å². The van der Waals surface area contributed by atoms with Gasteiger partial charge in [-0.3, -0.25) is 9.10 Å².